The fourth-order valence-electron chi connectivity index (χ4n) is 2.15. The summed E-state index contributed by atoms with van der Waals surface area (Å²) in [5, 5.41) is -2.08. The number of benzene rings is 1. The van der Waals surface area contributed by atoms with Crippen molar-refractivity contribution in [1.29, 1.82) is 0 Å². The van der Waals surface area contributed by atoms with Crippen LogP contribution in [0.1, 0.15) is 6.42 Å². The van der Waals surface area contributed by atoms with Crippen LogP contribution in [0.5, 0.6) is 5.75 Å². The quantitative estimate of drug-likeness (QED) is 0.860. The SMILES string of the molecule is COc1ccccc1N1CC[C@H](NC(=O)C(F)(F)Cl)C1=O. The van der Waals surface area contributed by atoms with Crippen molar-refractivity contribution in [3.63, 3.8) is 0 Å². The Morgan fingerprint density at radius 2 is 2.14 bits per heavy atom. The average molecular weight is 319 g/mol. The van der Waals surface area contributed by atoms with Gasteiger partial charge in [0.1, 0.15) is 11.8 Å². The normalized spacial score (nSPS) is 18.8. The van der Waals surface area contributed by atoms with E-state index in [9.17, 15) is 18.4 Å². The van der Waals surface area contributed by atoms with Crippen molar-refractivity contribution >= 4 is 29.1 Å². The number of carbonyl (C=O) groups is 2. The molecule has 0 radical (unpaired) electrons. The van der Waals surface area contributed by atoms with Crippen LogP contribution in [0, 0.1) is 0 Å². The van der Waals surface area contributed by atoms with Gasteiger partial charge in [-0.3, -0.25) is 9.59 Å². The van der Waals surface area contributed by atoms with Crippen LogP contribution in [-0.4, -0.2) is 36.9 Å². The van der Waals surface area contributed by atoms with Gasteiger partial charge in [-0.15, -0.1) is 0 Å². The number of halogens is 3. The highest BCUT2D eigenvalue weighted by molar-refractivity contribution is 6.32. The van der Waals surface area contributed by atoms with Gasteiger partial charge in [-0.05, 0) is 30.2 Å². The van der Waals surface area contributed by atoms with Crippen LogP contribution < -0.4 is 15.0 Å². The maximum atomic E-state index is 12.6. The molecule has 0 bridgehead atoms. The van der Waals surface area contributed by atoms with Crippen LogP contribution >= 0.6 is 11.6 Å². The molecule has 0 aromatic heterocycles. The van der Waals surface area contributed by atoms with Crippen molar-refractivity contribution in [2.45, 2.75) is 17.8 Å². The molecule has 1 aliphatic rings. The number of alkyl halides is 3. The molecule has 1 saturated heterocycles. The molecule has 1 aliphatic heterocycles. The predicted octanol–water partition coefficient (Wildman–Crippen LogP) is 1.75. The minimum Gasteiger partial charge on any atom is -0.495 e. The van der Waals surface area contributed by atoms with Gasteiger partial charge in [-0.1, -0.05) is 12.1 Å². The summed E-state index contributed by atoms with van der Waals surface area (Å²) in [6, 6.07) is 5.81. The lowest BCUT2D eigenvalue weighted by Gasteiger charge is -2.20. The number of hydrogen-bond acceptors (Lipinski definition) is 3. The molecular formula is C13H13ClF2N2O3. The van der Waals surface area contributed by atoms with E-state index in [-0.39, 0.29) is 13.0 Å². The fraction of sp³-hybridized carbons (Fsp3) is 0.385. The molecule has 2 amide bonds. The van der Waals surface area contributed by atoms with Crippen molar-refractivity contribution in [3.05, 3.63) is 24.3 Å². The van der Waals surface area contributed by atoms with Crippen molar-refractivity contribution in [3.8, 4) is 5.75 Å². The molecular weight excluding hydrogens is 306 g/mol. The van der Waals surface area contributed by atoms with E-state index >= 15 is 0 Å². The molecule has 1 aromatic rings. The number of para-hydroxylation sites is 2. The monoisotopic (exact) mass is 318 g/mol. The lowest BCUT2D eigenvalue weighted by molar-refractivity contribution is -0.138. The molecule has 1 N–H and O–H groups in total. The minimum atomic E-state index is -4.03. The summed E-state index contributed by atoms with van der Waals surface area (Å²) in [5.41, 5.74) is 0.527. The number of hydrogen-bond donors (Lipinski definition) is 1. The highest BCUT2D eigenvalue weighted by Gasteiger charge is 2.41. The molecule has 8 heteroatoms. The van der Waals surface area contributed by atoms with Crippen molar-refractivity contribution in [1.82, 2.24) is 5.32 Å². The topological polar surface area (TPSA) is 58.6 Å². The lowest BCUT2D eigenvalue weighted by Crippen LogP contribution is -2.46. The maximum absolute atomic E-state index is 12.6. The molecule has 1 heterocycles. The highest BCUT2D eigenvalue weighted by atomic mass is 35.5. The first-order chi connectivity index (χ1) is 9.84. The lowest BCUT2D eigenvalue weighted by atomic mass is 10.2. The Labute approximate surface area is 124 Å². The van der Waals surface area contributed by atoms with Gasteiger partial charge in [-0.25, -0.2) is 0 Å². The van der Waals surface area contributed by atoms with E-state index in [4.69, 9.17) is 4.74 Å². The standard InChI is InChI=1S/C13H13ClF2N2O3/c1-21-10-5-3-2-4-9(10)18-7-6-8(11(18)19)17-12(20)13(14,15)16/h2-5,8H,6-7H2,1H3,(H,17,20)/t8-/m0/s1. The van der Waals surface area contributed by atoms with Crippen LogP contribution in [-0.2, 0) is 9.59 Å². The molecule has 1 fully saturated rings. The van der Waals surface area contributed by atoms with E-state index in [1.54, 1.807) is 24.3 Å². The van der Waals surface area contributed by atoms with Crippen LogP contribution in [0.25, 0.3) is 0 Å². The fourth-order valence-corrected chi connectivity index (χ4v) is 2.20. The van der Waals surface area contributed by atoms with E-state index < -0.39 is 23.2 Å². The Kier molecular flexibility index (Phi) is 4.32. The Morgan fingerprint density at radius 3 is 2.76 bits per heavy atom. The zero-order chi connectivity index (χ0) is 15.6. The van der Waals surface area contributed by atoms with E-state index in [2.05, 4.69) is 11.6 Å². The number of amides is 2. The third kappa shape index (κ3) is 3.24. The van der Waals surface area contributed by atoms with Crippen LogP contribution in [0.3, 0.4) is 0 Å². The van der Waals surface area contributed by atoms with E-state index in [1.165, 1.54) is 12.0 Å². The molecule has 1 aromatic carbocycles. The molecule has 21 heavy (non-hydrogen) atoms. The third-order valence-corrected chi connectivity index (χ3v) is 3.32. The first kappa shape index (κ1) is 15.5. The number of ether oxygens (including phenoxy) is 1. The number of rotatable bonds is 4. The van der Waals surface area contributed by atoms with Crippen LogP contribution in [0.2, 0.25) is 0 Å². The average Bonchev–Trinajstić information content (AvgIpc) is 2.79. The maximum Gasteiger partial charge on any atom is 0.399 e. The summed E-state index contributed by atoms with van der Waals surface area (Å²) in [6.45, 7) is 0.290. The van der Waals surface area contributed by atoms with E-state index in [1.807, 2.05) is 5.32 Å². The zero-order valence-corrected chi connectivity index (χ0v) is 11.9. The van der Waals surface area contributed by atoms with E-state index in [0.29, 0.717) is 11.4 Å². The van der Waals surface area contributed by atoms with Gasteiger partial charge in [-0.2, -0.15) is 8.78 Å². The molecule has 0 spiro atoms. The summed E-state index contributed by atoms with van der Waals surface area (Å²) in [4.78, 5) is 24.7. The summed E-state index contributed by atoms with van der Waals surface area (Å²) < 4.78 is 30.4. The van der Waals surface area contributed by atoms with Crippen LogP contribution in [0.4, 0.5) is 14.5 Å². The number of nitrogens with one attached hydrogen (secondary N) is 1. The second-order valence-corrected chi connectivity index (χ2v) is 4.95. The van der Waals surface area contributed by atoms with Gasteiger partial charge in [0, 0.05) is 6.54 Å². The van der Waals surface area contributed by atoms with Gasteiger partial charge < -0.3 is 15.0 Å². The third-order valence-electron chi connectivity index (χ3n) is 3.14. The molecule has 0 unspecified atom stereocenters. The van der Waals surface area contributed by atoms with Crippen LogP contribution in [0.15, 0.2) is 24.3 Å². The minimum absolute atomic E-state index is 0.218. The smallest absolute Gasteiger partial charge is 0.399 e. The number of methoxy groups -OCH3 is 1. The second kappa shape index (κ2) is 5.85. The number of carbonyl (C=O) groups excluding carboxylic acids is 2. The molecule has 1 atom stereocenters. The first-order valence-electron chi connectivity index (χ1n) is 6.16. The predicted molar refractivity (Wildman–Crippen MR) is 72.7 cm³/mol. The van der Waals surface area contributed by atoms with Gasteiger partial charge in [0.15, 0.2) is 0 Å². The second-order valence-electron chi connectivity index (χ2n) is 4.47. The first-order valence-corrected chi connectivity index (χ1v) is 6.54. The highest BCUT2D eigenvalue weighted by Crippen LogP contribution is 2.31. The number of nitrogens with zero attached hydrogens (tertiary/aromatic N) is 1. The van der Waals surface area contributed by atoms with Gasteiger partial charge in [0.25, 0.3) is 0 Å². The van der Waals surface area contributed by atoms with Crippen molar-refractivity contribution in [2.24, 2.45) is 0 Å². The zero-order valence-electron chi connectivity index (χ0n) is 11.1. The molecule has 114 valence electrons. The summed E-state index contributed by atoms with van der Waals surface area (Å²) >= 11 is 4.62. The van der Waals surface area contributed by atoms with Crippen molar-refractivity contribution in [2.75, 3.05) is 18.6 Å². The molecule has 5 nitrogen and oxygen atoms in total. The van der Waals surface area contributed by atoms with Gasteiger partial charge in [0.2, 0.25) is 5.91 Å². The Balaban J connectivity index is 2.13. The van der Waals surface area contributed by atoms with Crippen molar-refractivity contribution < 1.29 is 23.1 Å². The Bertz CT molecular complexity index is 563. The summed E-state index contributed by atoms with van der Waals surface area (Å²) in [5.74, 6) is -1.67. The van der Waals surface area contributed by atoms with E-state index in [0.717, 1.165) is 0 Å². The Hall–Kier alpha value is -1.89. The summed E-state index contributed by atoms with van der Waals surface area (Å²) in [6.07, 6.45) is 0.218. The molecule has 0 aliphatic carbocycles. The number of anilines is 1. The van der Waals surface area contributed by atoms with Gasteiger partial charge >= 0.3 is 11.3 Å². The summed E-state index contributed by atoms with van der Waals surface area (Å²) in [7, 11) is 1.46. The molecule has 2 rings (SSSR count). The van der Waals surface area contributed by atoms with Gasteiger partial charge in [0.05, 0.1) is 12.8 Å². The Morgan fingerprint density at radius 1 is 1.48 bits per heavy atom. The largest absolute Gasteiger partial charge is 0.495 e. The molecule has 0 saturated carbocycles.